The summed E-state index contributed by atoms with van der Waals surface area (Å²) in [6.07, 6.45) is 11.2. The fourth-order valence-corrected chi connectivity index (χ4v) is 6.94. The molecule has 6 nitrogen and oxygen atoms in total. The zero-order valence-corrected chi connectivity index (χ0v) is 19.2. The van der Waals surface area contributed by atoms with Crippen LogP contribution in [-0.2, 0) is 22.4 Å². The lowest BCUT2D eigenvalue weighted by molar-refractivity contribution is -0.147. The Morgan fingerprint density at radius 2 is 1.61 bits per heavy atom. The Labute approximate surface area is 188 Å². The first-order valence-electron chi connectivity index (χ1n) is 11.9. The van der Waals surface area contributed by atoms with Crippen LogP contribution in [0.15, 0.2) is 0 Å². The molecule has 7 heteroatoms. The van der Waals surface area contributed by atoms with E-state index in [0.29, 0.717) is 29.3 Å². The van der Waals surface area contributed by atoms with Crippen molar-refractivity contribution in [1.29, 1.82) is 0 Å². The summed E-state index contributed by atoms with van der Waals surface area (Å²) >= 11 is 1.52. The highest BCUT2D eigenvalue weighted by molar-refractivity contribution is 7.17. The molecule has 1 aromatic rings. The second-order valence-corrected chi connectivity index (χ2v) is 10.8. The van der Waals surface area contributed by atoms with E-state index in [1.165, 1.54) is 22.6 Å². The zero-order valence-electron chi connectivity index (χ0n) is 18.4. The van der Waals surface area contributed by atoms with Crippen molar-refractivity contribution in [2.24, 2.45) is 17.8 Å². The van der Waals surface area contributed by atoms with E-state index >= 15 is 0 Å². The minimum atomic E-state index is -0.894. The fraction of sp³-hybridized carbons (Fsp3) is 0.708. The normalized spacial score (nSPS) is 26.7. The van der Waals surface area contributed by atoms with Crippen molar-refractivity contribution in [3.8, 4) is 0 Å². The average molecular weight is 447 g/mol. The molecule has 2 amide bonds. The van der Waals surface area contributed by atoms with Crippen LogP contribution in [0.4, 0.5) is 5.00 Å². The summed E-state index contributed by atoms with van der Waals surface area (Å²) in [5.41, 5.74) is 1.72. The topological polar surface area (TPSA) is 95.5 Å². The van der Waals surface area contributed by atoms with Gasteiger partial charge in [-0.3, -0.25) is 14.4 Å². The van der Waals surface area contributed by atoms with Crippen LogP contribution in [0.3, 0.4) is 0 Å². The minimum absolute atomic E-state index is 0.0762. The second kappa shape index (κ2) is 9.72. The monoisotopic (exact) mass is 446 g/mol. The Morgan fingerprint density at radius 3 is 2.32 bits per heavy atom. The first kappa shape index (κ1) is 22.3. The molecule has 0 aliphatic heterocycles. The zero-order chi connectivity index (χ0) is 22.0. The van der Waals surface area contributed by atoms with Crippen LogP contribution in [0.1, 0.15) is 91.9 Å². The Hall–Kier alpha value is -1.89. The van der Waals surface area contributed by atoms with Gasteiger partial charge in [0.25, 0.3) is 5.91 Å². The molecule has 2 fully saturated rings. The van der Waals surface area contributed by atoms with E-state index in [9.17, 15) is 19.5 Å². The molecule has 0 spiro atoms. The molecule has 4 rings (SSSR count). The number of anilines is 1. The summed E-state index contributed by atoms with van der Waals surface area (Å²) in [6.45, 7) is 2.22. The van der Waals surface area contributed by atoms with Crippen molar-refractivity contribution >= 4 is 34.1 Å². The number of amides is 2. The number of hydrogen-bond acceptors (Lipinski definition) is 4. The van der Waals surface area contributed by atoms with Crippen LogP contribution in [0.5, 0.6) is 0 Å². The molecule has 1 heterocycles. The molecular weight excluding hydrogens is 412 g/mol. The van der Waals surface area contributed by atoms with Crippen molar-refractivity contribution in [1.82, 2.24) is 5.32 Å². The summed E-state index contributed by atoms with van der Waals surface area (Å²) in [7, 11) is 0. The van der Waals surface area contributed by atoms with Gasteiger partial charge in [0.15, 0.2) is 0 Å². The number of carbonyl (C=O) groups is 3. The standard InChI is InChI=1S/C24H34N2O4S/c1-14-11-12-18-19(13-14)31-23(20(18)22(28)25-15-7-3-2-4-8-15)26-21(27)16-9-5-6-10-17(16)24(29)30/h14-17H,2-13H2,1H3,(H,25,28)(H,26,27)(H,29,30). The van der Waals surface area contributed by atoms with E-state index in [4.69, 9.17) is 0 Å². The van der Waals surface area contributed by atoms with Gasteiger partial charge in [0.2, 0.25) is 5.91 Å². The highest BCUT2D eigenvalue weighted by atomic mass is 32.1. The highest BCUT2D eigenvalue weighted by Gasteiger charge is 2.37. The first-order valence-corrected chi connectivity index (χ1v) is 12.7. The minimum Gasteiger partial charge on any atom is -0.481 e. The molecule has 0 bridgehead atoms. The third-order valence-electron chi connectivity index (χ3n) is 7.34. The molecule has 3 unspecified atom stereocenters. The van der Waals surface area contributed by atoms with Gasteiger partial charge in [-0.2, -0.15) is 0 Å². The Bertz CT molecular complexity index is 843. The van der Waals surface area contributed by atoms with Crippen molar-refractivity contribution in [3.05, 3.63) is 16.0 Å². The van der Waals surface area contributed by atoms with Gasteiger partial charge >= 0.3 is 5.97 Å². The van der Waals surface area contributed by atoms with E-state index in [2.05, 4.69) is 17.6 Å². The number of hydrogen-bond donors (Lipinski definition) is 3. The summed E-state index contributed by atoms with van der Waals surface area (Å²) in [6, 6.07) is 0.206. The molecule has 1 aromatic heterocycles. The van der Waals surface area contributed by atoms with Crippen LogP contribution in [-0.4, -0.2) is 28.9 Å². The fourth-order valence-electron chi connectivity index (χ4n) is 5.53. The van der Waals surface area contributed by atoms with Crippen molar-refractivity contribution < 1.29 is 19.5 Å². The SMILES string of the molecule is CC1CCc2c(sc(NC(=O)C3CCCCC3C(=O)O)c2C(=O)NC2CCCCC2)C1. The number of rotatable bonds is 5. The molecule has 0 radical (unpaired) electrons. The van der Waals surface area contributed by atoms with Gasteiger partial charge in [-0.05, 0) is 56.4 Å². The molecular formula is C24H34N2O4S. The molecule has 0 aromatic carbocycles. The third-order valence-corrected chi connectivity index (χ3v) is 8.51. The molecule has 0 saturated heterocycles. The molecule has 3 atom stereocenters. The molecule has 31 heavy (non-hydrogen) atoms. The van der Waals surface area contributed by atoms with E-state index < -0.39 is 17.8 Å². The largest absolute Gasteiger partial charge is 0.481 e. The smallest absolute Gasteiger partial charge is 0.307 e. The number of carboxylic acids is 1. The number of thiophene rings is 1. The summed E-state index contributed by atoms with van der Waals surface area (Å²) in [5, 5.41) is 16.4. The lowest BCUT2D eigenvalue weighted by Gasteiger charge is -2.27. The van der Waals surface area contributed by atoms with Gasteiger partial charge in [-0.15, -0.1) is 11.3 Å². The van der Waals surface area contributed by atoms with Gasteiger partial charge < -0.3 is 15.7 Å². The van der Waals surface area contributed by atoms with Gasteiger partial charge in [-0.1, -0.05) is 39.0 Å². The van der Waals surface area contributed by atoms with Crippen molar-refractivity contribution in [2.45, 2.75) is 90.0 Å². The Balaban J connectivity index is 1.58. The lowest BCUT2D eigenvalue weighted by Crippen LogP contribution is -2.38. The van der Waals surface area contributed by atoms with Crippen LogP contribution in [0, 0.1) is 17.8 Å². The van der Waals surface area contributed by atoms with Gasteiger partial charge in [-0.25, -0.2) is 0 Å². The van der Waals surface area contributed by atoms with E-state index in [0.717, 1.165) is 63.4 Å². The van der Waals surface area contributed by atoms with Gasteiger partial charge in [0.1, 0.15) is 5.00 Å². The van der Waals surface area contributed by atoms with E-state index in [1.54, 1.807) is 0 Å². The van der Waals surface area contributed by atoms with E-state index in [1.807, 2.05) is 0 Å². The summed E-state index contributed by atoms with van der Waals surface area (Å²) in [4.78, 5) is 39.3. The molecule has 3 aliphatic carbocycles. The van der Waals surface area contributed by atoms with Crippen molar-refractivity contribution in [2.75, 3.05) is 5.32 Å². The lowest BCUT2D eigenvalue weighted by atomic mass is 9.78. The maximum absolute atomic E-state index is 13.3. The Kier molecular flexibility index (Phi) is 6.99. The molecule has 170 valence electrons. The van der Waals surface area contributed by atoms with Crippen LogP contribution < -0.4 is 10.6 Å². The van der Waals surface area contributed by atoms with E-state index in [-0.39, 0.29) is 17.9 Å². The highest BCUT2D eigenvalue weighted by Crippen LogP contribution is 2.41. The van der Waals surface area contributed by atoms with Crippen LogP contribution >= 0.6 is 11.3 Å². The first-order chi connectivity index (χ1) is 14.9. The summed E-state index contributed by atoms with van der Waals surface area (Å²) in [5.74, 6) is -1.81. The third kappa shape index (κ3) is 4.97. The quantitative estimate of drug-likeness (QED) is 0.607. The number of fused-ring (bicyclic) bond motifs is 1. The number of carboxylic acid groups (broad SMARTS) is 1. The second-order valence-electron chi connectivity index (χ2n) is 9.69. The number of carbonyl (C=O) groups excluding carboxylic acids is 2. The predicted octanol–water partition coefficient (Wildman–Crippen LogP) is 4.76. The molecule has 2 saturated carbocycles. The predicted molar refractivity (Wildman–Crippen MR) is 122 cm³/mol. The average Bonchev–Trinajstić information content (AvgIpc) is 3.11. The maximum atomic E-state index is 13.3. The number of aliphatic carboxylic acids is 1. The number of nitrogens with one attached hydrogen (secondary N) is 2. The maximum Gasteiger partial charge on any atom is 0.307 e. The molecule has 3 N–H and O–H groups in total. The summed E-state index contributed by atoms with van der Waals surface area (Å²) < 4.78 is 0. The molecule has 3 aliphatic rings. The van der Waals surface area contributed by atoms with Gasteiger partial charge in [0.05, 0.1) is 17.4 Å². The Morgan fingerprint density at radius 1 is 0.935 bits per heavy atom. The van der Waals surface area contributed by atoms with Crippen molar-refractivity contribution in [3.63, 3.8) is 0 Å². The van der Waals surface area contributed by atoms with Gasteiger partial charge in [0, 0.05) is 10.9 Å². The van der Waals surface area contributed by atoms with Crippen LogP contribution in [0.2, 0.25) is 0 Å². The van der Waals surface area contributed by atoms with Crippen LogP contribution in [0.25, 0.3) is 0 Å².